The van der Waals surface area contributed by atoms with Crippen molar-refractivity contribution >= 4 is 16.8 Å². The average molecular weight is 265 g/mol. The third kappa shape index (κ3) is 1.87. The van der Waals surface area contributed by atoms with Crippen molar-refractivity contribution in [3.8, 4) is 0 Å². The summed E-state index contributed by atoms with van der Waals surface area (Å²) in [6, 6.07) is 7.26. The van der Waals surface area contributed by atoms with E-state index < -0.39 is 22.8 Å². The standard InChI is InChI=1S/C13H15NO3S/c15-13(16)10-7-18(17)11-6-5-8-3-1-2-4-9(8)12(11)14-10/h1-4,10-12,14H,5-7H2,(H,15,16). The van der Waals surface area contributed by atoms with Gasteiger partial charge in [0.25, 0.3) is 0 Å². The molecule has 4 nitrogen and oxygen atoms in total. The van der Waals surface area contributed by atoms with E-state index in [4.69, 9.17) is 5.11 Å². The zero-order valence-electron chi connectivity index (χ0n) is 9.83. The van der Waals surface area contributed by atoms with Crippen LogP contribution in [-0.4, -0.2) is 32.3 Å². The predicted octanol–water partition coefficient (Wildman–Crippen LogP) is 0.848. The first kappa shape index (κ1) is 11.9. The summed E-state index contributed by atoms with van der Waals surface area (Å²) in [5.74, 6) is -0.691. The lowest BCUT2D eigenvalue weighted by atomic mass is 9.86. The molecule has 0 spiro atoms. The van der Waals surface area contributed by atoms with Crippen LogP contribution in [0.4, 0.5) is 0 Å². The summed E-state index contributed by atoms with van der Waals surface area (Å²) >= 11 is 0. The van der Waals surface area contributed by atoms with Gasteiger partial charge in [-0.1, -0.05) is 24.3 Å². The van der Waals surface area contributed by atoms with Gasteiger partial charge in [0.05, 0.1) is 11.0 Å². The number of hydrogen-bond acceptors (Lipinski definition) is 3. The van der Waals surface area contributed by atoms with Crippen LogP contribution in [0.2, 0.25) is 0 Å². The van der Waals surface area contributed by atoms with Crippen molar-refractivity contribution in [2.45, 2.75) is 30.2 Å². The van der Waals surface area contributed by atoms with Gasteiger partial charge in [0.2, 0.25) is 0 Å². The number of nitrogens with one attached hydrogen (secondary N) is 1. The second-order valence-corrected chi connectivity index (χ2v) is 6.56. The van der Waals surface area contributed by atoms with E-state index >= 15 is 0 Å². The van der Waals surface area contributed by atoms with Gasteiger partial charge >= 0.3 is 5.97 Å². The van der Waals surface area contributed by atoms with Crippen LogP contribution in [0, 0.1) is 0 Å². The van der Waals surface area contributed by atoms with E-state index in [0.717, 1.165) is 18.4 Å². The maximum absolute atomic E-state index is 12.2. The highest BCUT2D eigenvalue weighted by Crippen LogP contribution is 2.35. The molecule has 0 bridgehead atoms. The number of carboxylic acid groups (broad SMARTS) is 1. The Morgan fingerprint density at radius 1 is 1.39 bits per heavy atom. The number of benzene rings is 1. The zero-order valence-corrected chi connectivity index (χ0v) is 10.7. The second kappa shape index (κ2) is 4.48. The molecule has 4 unspecified atom stereocenters. The van der Waals surface area contributed by atoms with E-state index in [0.29, 0.717) is 0 Å². The lowest BCUT2D eigenvalue weighted by Crippen LogP contribution is -2.54. The largest absolute Gasteiger partial charge is 0.480 e. The fourth-order valence-corrected chi connectivity index (χ4v) is 4.63. The van der Waals surface area contributed by atoms with Crippen LogP contribution in [0.3, 0.4) is 0 Å². The highest BCUT2D eigenvalue weighted by Gasteiger charge is 2.41. The highest BCUT2D eigenvalue weighted by molar-refractivity contribution is 7.85. The topological polar surface area (TPSA) is 66.4 Å². The lowest BCUT2D eigenvalue weighted by Gasteiger charge is -2.39. The number of aliphatic carboxylic acids is 1. The third-order valence-electron chi connectivity index (χ3n) is 3.81. The molecule has 1 heterocycles. The van der Waals surface area contributed by atoms with Gasteiger partial charge in [-0.05, 0) is 24.0 Å². The van der Waals surface area contributed by atoms with E-state index in [-0.39, 0.29) is 17.0 Å². The van der Waals surface area contributed by atoms with Crippen molar-refractivity contribution in [2.75, 3.05) is 5.75 Å². The summed E-state index contributed by atoms with van der Waals surface area (Å²) in [4.78, 5) is 11.1. The Labute approximate surface area is 108 Å². The van der Waals surface area contributed by atoms with Gasteiger partial charge in [-0.15, -0.1) is 0 Å². The van der Waals surface area contributed by atoms with E-state index in [2.05, 4.69) is 11.4 Å². The van der Waals surface area contributed by atoms with E-state index in [9.17, 15) is 9.00 Å². The van der Waals surface area contributed by atoms with Crippen LogP contribution >= 0.6 is 0 Å². The van der Waals surface area contributed by atoms with Gasteiger partial charge in [-0.25, -0.2) is 0 Å². The predicted molar refractivity (Wildman–Crippen MR) is 68.9 cm³/mol. The van der Waals surface area contributed by atoms with E-state index in [1.165, 1.54) is 5.56 Å². The molecule has 2 aliphatic rings. The van der Waals surface area contributed by atoms with Gasteiger partial charge in [0, 0.05) is 16.8 Å². The Morgan fingerprint density at radius 3 is 2.94 bits per heavy atom. The highest BCUT2D eigenvalue weighted by atomic mass is 32.2. The first-order valence-electron chi connectivity index (χ1n) is 6.10. The number of carbonyl (C=O) groups is 1. The molecule has 0 saturated carbocycles. The van der Waals surface area contributed by atoms with Crippen LogP contribution in [0.1, 0.15) is 23.6 Å². The lowest BCUT2D eigenvalue weighted by molar-refractivity contribution is -0.139. The van der Waals surface area contributed by atoms with E-state index in [1.807, 2.05) is 18.2 Å². The molecule has 1 aliphatic heterocycles. The molecule has 0 amide bonds. The van der Waals surface area contributed by atoms with Gasteiger partial charge < -0.3 is 5.11 Å². The minimum absolute atomic E-state index is 0.0514. The quantitative estimate of drug-likeness (QED) is 0.790. The Morgan fingerprint density at radius 2 is 2.17 bits per heavy atom. The molecular formula is C13H15NO3S. The molecule has 0 radical (unpaired) electrons. The molecule has 96 valence electrons. The van der Waals surface area contributed by atoms with Gasteiger partial charge in [0.15, 0.2) is 0 Å². The third-order valence-corrected chi connectivity index (χ3v) is 5.65. The minimum atomic E-state index is -1.06. The van der Waals surface area contributed by atoms with Crippen molar-refractivity contribution in [1.82, 2.24) is 5.32 Å². The van der Waals surface area contributed by atoms with Crippen molar-refractivity contribution in [3.63, 3.8) is 0 Å². The number of carboxylic acids is 1. The second-order valence-electron chi connectivity index (χ2n) is 4.86. The Hall–Kier alpha value is -1.20. The number of aryl methyl sites for hydroxylation is 1. The maximum Gasteiger partial charge on any atom is 0.321 e. The van der Waals surface area contributed by atoms with Crippen LogP contribution < -0.4 is 5.32 Å². The van der Waals surface area contributed by atoms with Crippen LogP contribution in [0.15, 0.2) is 24.3 Å². The fourth-order valence-electron chi connectivity index (χ4n) is 2.91. The Bertz CT molecular complexity index is 517. The van der Waals surface area contributed by atoms with E-state index in [1.54, 1.807) is 0 Å². The summed E-state index contributed by atoms with van der Waals surface area (Å²) in [5.41, 5.74) is 2.36. The van der Waals surface area contributed by atoms with Crippen LogP contribution in [0.5, 0.6) is 0 Å². The number of hydrogen-bond donors (Lipinski definition) is 2. The van der Waals surface area contributed by atoms with Crippen LogP contribution in [-0.2, 0) is 22.0 Å². The molecule has 1 aliphatic carbocycles. The first-order chi connectivity index (χ1) is 8.66. The molecule has 2 N–H and O–H groups in total. The summed E-state index contributed by atoms with van der Waals surface area (Å²) in [5, 5.41) is 12.3. The normalized spacial score (nSPS) is 34.4. The molecule has 0 aromatic heterocycles. The van der Waals surface area contributed by atoms with Gasteiger partial charge in [-0.3, -0.25) is 14.3 Å². The molecule has 3 rings (SSSR count). The SMILES string of the molecule is O=C(O)C1CS(=O)C2CCc3ccccc3C2N1. The molecule has 1 saturated heterocycles. The maximum atomic E-state index is 12.2. The molecule has 1 fully saturated rings. The van der Waals surface area contributed by atoms with Crippen molar-refractivity contribution in [2.24, 2.45) is 0 Å². The van der Waals surface area contributed by atoms with Crippen molar-refractivity contribution in [1.29, 1.82) is 0 Å². The average Bonchev–Trinajstić information content (AvgIpc) is 2.38. The summed E-state index contributed by atoms with van der Waals surface area (Å²) in [7, 11) is -1.06. The van der Waals surface area contributed by atoms with Gasteiger partial charge in [0.1, 0.15) is 6.04 Å². The summed E-state index contributed by atoms with van der Waals surface area (Å²) in [6.45, 7) is 0. The molecule has 18 heavy (non-hydrogen) atoms. The summed E-state index contributed by atoms with van der Waals surface area (Å²) in [6.07, 6.45) is 1.80. The number of rotatable bonds is 1. The van der Waals surface area contributed by atoms with Crippen LogP contribution in [0.25, 0.3) is 0 Å². The smallest absolute Gasteiger partial charge is 0.321 e. The number of fused-ring (bicyclic) bond motifs is 3. The fraction of sp³-hybridized carbons (Fsp3) is 0.462. The molecule has 1 aromatic carbocycles. The first-order valence-corrected chi connectivity index (χ1v) is 7.49. The summed E-state index contributed by atoms with van der Waals surface area (Å²) < 4.78 is 12.2. The molecular weight excluding hydrogens is 250 g/mol. The van der Waals surface area contributed by atoms with Gasteiger partial charge in [-0.2, -0.15) is 0 Å². The molecule has 4 atom stereocenters. The van der Waals surface area contributed by atoms with Crippen molar-refractivity contribution < 1.29 is 14.1 Å². The Balaban J connectivity index is 1.98. The zero-order chi connectivity index (χ0) is 12.7. The molecule has 1 aromatic rings. The Kier molecular flexibility index (Phi) is 2.95. The molecule has 5 heteroatoms. The monoisotopic (exact) mass is 265 g/mol. The minimum Gasteiger partial charge on any atom is -0.480 e. The van der Waals surface area contributed by atoms with Crippen molar-refractivity contribution in [3.05, 3.63) is 35.4 Å².